The van der Waals surface area contributed by atoms with Gasteiger partial charge in [0.05, 0.1) is 17.8 Å². The summed E-state index contributed by atoms with van der Waals surface area (Å²) in [5.41, 5.74) is 10.5. The van der Waals surface area contributed by atoms with Crippen molar-refractivity contribution < 1.29 is 0 Å². The molecule has 4 aromatic rings. The van der Waals surface area contributed by atoms with E-state index in [0.29, 0.717) is 0 Å². The Hall–Kier alpha value is -3.64. The Morgan fingerprint density at radius 2 is 1.56 bits per heavy atom. The van der Waals surface area contributed by atoms with Crippen molar-refractivity contribution in [3.05, 3.63) is 107 Å². The molecule has 1 fully saturated rings. The van der Waals surface area contributed by atoms with Gasteiger partial charge in [-0.2, -0.15) is 0 Å². The molecule has 5 nitrogen and oxygen atoms in total. The van der Waals surface area contributed by atoms with Gasteiger partial charge in [-0.25, -0.2) is 0 Å². The van der Waals surface area contributed by atoms with Gasteiger partial charge in [0.25, 0.3) is 0 Å². The SMILES string of the molecule is Cc1cc(C)cc(N2C(=S)N[C@@H](c3ccccn3)[C@H]2c2cc(C)n(-c3ccc(N(C)C)cc3)c2C)c1. The highest BCUT2D eigenvalue weighted by molar-refractivity contribution is 7.80. The van der Waals surface area contributed by atoms with Gasteiger partial charge in [-0.05, 0) is 111 Å². The van der Waals surface area contributed by atoms with Gasteiger partial charge in [-0.3, -0.25) is 4.98 Å². The number of benzene rings is 2. The highest BCUT2D eigenvalue weighted by atomic mass is 32.1. The normalized spacial score (nSPS) is 17.4. The van der Waals surface area contributed by atoms with E-state index in [9.17, 15) is 0 Å². The molecule has 1 N–H and O–H groups in total. The first-order valence-corrected chi connectivity index (χ1v) is 12.7. The molecule has 1 saturated heterocycles. The number of nitrogens with one attached hydrogen (secondary N) is 1. The molecule has 0 aliphatic carbocycles. The fourth-order valence-corrected chi connectivity index (χ4v) is 5.77. The highest BCUT2D eigenvalue weighted by Gasteiger charge is 2.42. The van der Waals surface area contributed by atoms with E-state index in [4.69, 9.17) is 17.2 Å². The summed E-state index contributed by atoms with van der Waals surface area (Å²) in [6, 6.07) is 23.6. The van der Waals surface area contributed by atoms with Crippen LogP contribution in [0.3, 0.4) is 0 Å². The van der Waals surface area contributed by atoms with Gasteiger partial charge in [0.15, 0.2) is 5.11 Å². The number of thiocarbonyl (C=S) groups is 1. The molecule has 2 aromatic carbocycles. The van der Waals surface area contributed by atoms with Crippen LogP contribution < -0.4 is 15.1 Å². The van der Waals surface area contributed by atoms with E-state index in [1.165, 1.54) is 33.8 Å². The molecular weight excluding hydrogens is 462 g/mol. The van der Waals surface area contributed by atoms with Crippen molar-refractivity contribution in [2.24, 2.45) is 0 Å². The summed E-state index contributed by atoms with van der Waals surface area (Å²) in [7, 11) is 4.13. The van der Waals surface area contributed by atoms with Crippen molar-refractivity contribution >= 4 is 28.7 Å². The maximum atomic E-state index is 5.95. The third-order valence-corrected chi connectivity index (χ3v) is 7.31. The summed E-state index contributed by atoms with van der Waals surface area (Å²) >= 11 is 5.95. The number of aryl methyl sites for hydroxylation is 3. The topological polar surface area (TPSA) is 36.3 Å². The van der Waals surface area contributed by atoms with Gasteiger partial charge < -0.3 is 19.7 Å². The molecule has 3 heterocycles. The molecule has 0 radical (unpaired) electrons. The summed E-state index contributed by atoms with van der Waals surface area (Å²) in [6.07, 6.45) is 1.85. The minimum Gasteiger partial charge on any atom is -0.378 e. The average molecular weight is 496 g/mol. The molecule has 2 atom stereocenters. The molecule has 0 amide bonds. The fraction of sp³-hybridized carbons (Fsp3) is 0.267. The van der Waals surface area contributed by atoms with E-state index in [1.54, 1.807) is 0 Å². The fourth-order valence-electron chi connectivity index (χ4n) is 5.42. The Bertz CT molecular complexity index is 1390. The van der Waals surface area contributed by atoms with Crippen LogP contribution in [0.15, 0.2) is 72.9 Å². The Morgan fingerprint density at radius 3 is 2.17 bits per heavy atom. The molecule has 6 heteroatoms. The molecule has 0 saturated carbocycles. The summed E-state index contributed by atoms with van der Waals surface area (Å²) in [5.74, 6) is 0. The number of hydrogen-bond acceptors (Lipinski definition) is 3. The van der Waals surface area contributed by atoms with Gasteiger partial charge in [-0.15, -0.1) is 0 Å². The second kappa shape index (κ2) is 9.43. The lowest BCUT2D eigenvalue weighted by Gasteiger charge is -2.29. The van der Waals surface area contributed by atoms with Crippen molar-refractivity contribution in [1.29, 1.82) is 0 Å². The van der Waals surface area contributed by atoms with E-state index in [0.717, 1.165) is 22.2 Å². The molecule has 36 heavy (non-hydrogen) atoms. The predicted octanol–water partition coefficient (Wildman–Crippen LogP) is 6.35. The Kier molecular flexibility index (Phi) is 6.31. The zero-order chi connectivity index (χ0) is 25.6. The van der Waals surface area contributed by atoms with Gasteiger partial charge in [0, 0.05) is 48.7 Å². The summed E-state index contributed by atoms with van der Waals surface area (Å²) in [6.45, 7) is 8.65. The molecule has 0 unspecified atom stereocenters. The van der Waals surface area contributed by atoms with Crippen LogP contribution in [-0.4, -0.2) is 28.8 Å². The Morgan fingerprint density at radius 1 is 0.861 bits per heavy atom. The minimum absolute atomic E-state index is 0.0328. The highest BCUT2D eigenvalue weighted by Crippen LogP contribution is 2.44. The number of rotatable bonds is 5. The van der Waals surface area contributed by atoms with Crippen LogP contribution in [-0.2, 0) is 0 Å². The zero-order valence-corrected chi connectivity index (χ0v) is 22.6. The smallest absolute Gasteiger partial charge is 0.174 e. The first-order valence-electron chi connectivity index (χ1n) is 12.3. The predicted molar refractivity (Wildman–Crippen MR) is 153 cm³/mol. The maximum Gasteiger partial charge on any atom is 0.174 e. The average Bonchev–Trinajstić information content (AvgIpc) is 3.34. The van der Waals surface area contributed by atoms with E-state index < -0.39 is 0 Å². The van der Waals surface area contributed by atoms with Gasteiger partial charge >= 0.3 is 0 Å². The molecular formula is C30H33N5S. The standard InChI is InChI=1S/C30H33N5S/c1-19-15-20(2)17-25(16-19)35-29(28(32-30(35)36)27-9-7-8-14-31-27)26-18-21(3)34(22(26)4)24-12-10-23(11-13-24)33(5)6/h7-18,28-29H,1-6H3,(H,32,36)/t28-,29+/m0/s1. The van der Waals surface area contributed by atoms with Crippen LogP contribution in [0.1, 0.15) is 45.9 Å². The number of anilines is 2. The lowest BCUT2D eigenvalue weighted by molar-refractivity contribution is 0.565. The number of pyridine rings is 1. The molecule has 0 spiro atoms. The summed E-state index contributed by atoms with van der Waals surface area (Å²) in [5, 5.41) is 4.32. The maximum absolute atomic E-state index is 5.95. The first kappa shape index (κ1) is 24.1. The van der Waals surface area contributed by atoms with Crippen LogP contribution in [0.5, 0.6) is 0 Å². The molecule has 1 aliphatic rings. The number of nitrogens with zero attached hydrogens (tertiary/aromatic N) is 4. The molecule has 2 aromatic heterocycles. The van der Waals surface area contributed by atoms with Crippen molar-refractivity contribution in [2.45, 2.75) is 39.8 Å². The largest absolute Gasteiger partial charge is 0.378 e. The molecule has 0 bridgehead atoms. The Labute approximate surface area is 219 Å². The second-order valence-electron chi connectivity index (χ2n) is 9.92. The first-order chi connectivity index (χ1) is 17.2. The van der Waals surface area contributed by atoms with Crippen molar-refractivity contribution in [3.63, 3.8) is 0 Å². The van der Waals surface area contributed by atoms with Gasteiger partial charge in [0.1, 0.15) is 0 Å². The summed E-state index contributed by atoms with van der Waals surface area (Å²) in [4.78, 5) is 9.11. The van der Waals surface area contributed by atoms with E-state index in [-0.39, 0.29) is 12.1 Å². The quantitative estimate of drug-likeness (QED) is 0.327. The van der Waals surface area contributed by atoms with Gasteiger partial charge in [-0.1, -0.05) is 12.1 Å². The summed E-state index contributed by atoms with van der Waals surface area (Å²) < 4.78 is 2.34. The zero-order valence-electron chi connectivity index (χ0n) is 21.8. The van der Waals surface area contributed by atoms with E-state index in [1.807, 2.05) is 18.3 Å². The lowest BCUT2D eigenvalue weighted by Crippen LogP contribution is -2.29. The third-order valence-electron chi connectivity index (χ3n) is 7.00. The molecule has 184 valence electrons. The minimum atomic E-state index is -0.0652. The number of hydrogen-bond donors (Lipinski definition) is 1. The van der Waals surface area contributed by atoms with Gasteiger partial charge in [0.2, 0.25) is 0 Å². The Balaban J connectivity index is 1.66. The second-order valence-corrected chi connectivity index (χ2v) is 10.3. The van der Waals surface area contributed by atoms with Crippen molar-refractivity contribution in [3.8, 4) is 5.69 Å². The lowest BCUT2D eigenvalue weighted by atomic mass is 9.96. The van der Waals surface area contributed by atoms with Crippen molar-refractivity contribution in [2.75, 3.05) is 23.9 Å². The monoisotopic (exact) mass is 495 g/mol. The van der Waals surface area contributed by atoms with Crippen LogP contribution >= 0.6 is 12.2 Å². The van der Waals surface area contributed by atoms with Crippen LogP contribution in [0.2, 0.25) is 0 Å². The third kappa shape index (κ3) is 4.26. The van der Waals surface area contributed by atoms with E-state index in [2.05, 4.69) is 116 Å². The molecule has 1 aliphatic heterocycles. The van der Waals surface area contributed by atoms with Crippen LogP contribution in [0.25, 0.3) is 5.69 Å². The van der Waals surface area contributed by atoms with Crippen LogP contribution in [0, 0.1) is 27.7 Å². The van der Waals surface area contributed by atoms with E-state index >= 15 is 0 Å². The van der Waals surface area contributed by atoms with Crippen LogP contribution in [0.4, 0.5) is 11.4 Å². The van der Waals surface area contributed by atoms with Crippen molar-refractivity contribution in [1.82, 2.24) is 14.9 Å². The molecule has 5 rings (SSSR count). The number of aromatic nitrogens is 2.